The quantitative estimate of drug-likeness (QED) is 0.444. The molecular weight excluding hydrogens is 424 g/mol. The molecule has 0 aliphatic rings. The van der Waals surface area contributed by atoms with Crippen molar-refractivity contribution in [2.24, 2.45) is 0 Å². The highest BCUT2D eigenvalue weighted by molar-refractivity contribution is 5.82. The molecule has 1 N–H and O–H groups in total. The van der Waals surface area contributed by atoms with Crippen LogP contribution in [-0.4, -0.2) is 33.9 Å². The van der Waals surface area contributed by atoms with E-state index in [0.29, 0.717) is 45.0 Å². The molecule has 0 bridgehead atoms. The first-order chi connectivity index (χ1) is 16.1. The van der Waals surface area contributed by atoms with E-state index in [1.165, 1.54) is 7.11 Å². The zero-order valence-electron chi connectivity index (χ0n) is 17.7. The van der Waals surface area contributed by atoms with Crippen LogP contribution in [0.15, 0.2) is 80.8 Å². The van der Waals surface area contributed by atoms with Gasteiger partial charge >= 0.3 is 5.69 Å². The van der Waals surface area contributed by atoms with Gasteiger partial charge in [-0.15, -0.1) is 0 Å². The van der Waals surface area contributed by atoms with Crippen LogP contribution in [0.4, 0.5) is 0 Å². The molecule has 0 atom stereocenters. The predicted octanol–water partition coefficient (Wildman–Crippen LogP) is 3.41. The molecule has 0 radical (unpaired) electrons. The maximum absolute atomic E-state index is 13.1. The van der Waals surface area contributed by atoms with Crippen molar-refractivity contribution in [2.45, 2.75) is 0 Å². The van der Waals surface area contributed by atoms with E-state index >= 15 is 0 Å². The third-order valence-corrected chi connectivity index (χ3v) is 5.23. The molecule has 164 valence electrons. The van der Waals surface area contributed by atoms with Crippen LogP contribution in [0.1, 0.15) is 0 Å². The number of aromatic amines is 1. The van der Waals surface area contributed by atoms with Gasteiger partial charge in [-0.1, -0.05) is 23.4 Å². The molecule has 3 aromatic carbocycles. The van der Waals surface area contributed by atoms with E-state index in [-0.39, 0.29) is 5.89 Å². The molecular formula is C24H18N4O5. The molecule has 0 aliphatic carbocycles. The Kier molecular flexibility index (Phi) is 4.98. The topological polar surface area (TPSA) is 112 Å². The minimum Gasteiger partial charge on any atom is -0.497 e. The van der Waals surface area contributed by atoms with Crippen LogP contribution in [0.25, 0.3) is 39.4 Å². The molecule has 2 heterocycles. The standard InChI is InChI=1S/C24H18N4O5/c1-31-16-7-5-6-15(13-16)28-23(29)17-11-10-14(12-19(17)25-24(28)30)22-26-21(27-33-22)18-8-3-4-9-20(18)32-2/h3-13H,1-2H3,(H,25,30). The fourth-order valence-electron chi connectivity index (χ4n) is 3.61. The second-order valence-electron chi connectivity index (χ2n) is 7.16. The highest BCUT2D eigenvalue weighted by atomic mass is 16.5. The van der Waals surface area contributed by atoms with Gasteiger partial charge in [0.1, 0.15) is 11.5 Å². The number of nitrogens with one attached hydrogen (secondary N) is 1. The lowest BCUT2D eigenvalue weighted by Gasteiger charge is -2.08. The monoisotopic (exact) mass is 442 g/mol. The predicted molar refractivity (Wildman–Crippen MR) is 122 cm³/mol. The van der Waals surface area contributed by atoms with Gasteiger partial charge in [0.25, 0.3) is 11.4 Å². The van der Waals surface area contributed by atoms with Gasteiger partial charge in [0.2, 0.25) is 5.82 Å². The van der Waals surface area contributed by atoms with Gasteiger partial charge in [-0.05, 0) is 42.5 Å². The van der Waals surface area contributed by atoms with Crippen LogP contribution >= 0.6 is 0 Å². The molecule has 0 fully saturated rings. The van der Waals surface area contributed by atoms with Crippen LogP contribution in [0.3, 0.4) is 0 Å². The van der Waals surface area contributed by atoms with Gasteiger partial charge in [0, 0.05) is 11.6 Å². The van der Waals surface area contributed by atoms with Gasteiger partial charge < -0.3 is 19.0 Å². The SMILES string of the molecule is COc1cccc(-n2c(=O)[nH]c3cc(-c4nc(-c5ccccc5OC)no4)ccc3c2=O)c1. The van der Waals surface area contributed by atoms with Crippen molar-refractivity contribution in [1.82, 2.24) is 19.7 Å². The number of hydrogen-bond acceptors (Lipinski definition) is 7. The number of ether oxygens (including phenoxy) is 2. The second kappa shape index (κ2) is 8.12. The molecule has 0 unspecified atom stereocenters. The lowest BCUT2D eigenvalue weighted by molar-refractivity contribution is 0.413. The van der Waals surface area contributed by atoms with Crippen LogP contribution < -0.4 is 20.7 Å². The van der Waals surface area contributed by atoms with E-state index in [0.717, 1.165) is 4.57 Å². The second-order valence-corrected chi connectivity index (χ2v) is 7.16. The molecule has 9 nitrogen and oxygen atoms in total. The Morgan fingerprint density at radius 1 is 0.939 bits per heavy atom. The van der Waals surface area contributed by atoms with Gasteiger partial charge in [0.05, 0.1) is 36.4 Å². The van der Waals surface area contributed by atoms with Crippen LogP contribution in [0.5, 0.6) is 11.5 Å². The molecule has 9 heteroatoms. The van der Waals surface area contributed by atoms with Crippen molar-refractivity contribution < 1.29 is 14.0 Å². The van der Waals surface area contributed by atoms with Gasteiger partial charge in [-0.25, -0.2) is 9.36 Å². The third-order valence-electron chi connectivity index (χ3n) is 5.23. The van der Waals surface area contributed by atoms with Crippen LogP contribution in [-0.2, 0) is 0 Å². The van der Waals surface area contributed by atoms with Crippen LogP contribution in [0, 0.1) is 0 Å². The Morgan fingerprint density at radius 3 is 2.61 bits per heavy atom. The Hall–Kier alpha value is -4.66. The highest BCUT2D eigenvalue weighted by Gasteiger charge is 2.16. The summed E-state index contributed by atoms with van der Waals surface area (Å²) in [6.45, 7) is 0. The Bertz CT molecular complexity index is 1600. The van der Waals surface area contributed by atoms with Crippen molar-refractivity contribution in [3.63, 3.8) is 0 Å². The third kappa shape index (κ3) is 3.55. The molecule has 2 aromatic heterocycles. The number of methoxy groups -OCH3 is 2. The molecule has 5 aromatic rings. The summed E-state index contributed by atoms with van der Waals surface area (Å²) in [5.41, 5.74) is 0.992. The largest absolute Gasteiger partial charge is 0.497 e. The number of fused-ring (bicyclic) bond motifs is 1. The fourth-order valence-corrected chi connectivity index (χ4v) is 3.61. The smallest absolute Gasteiger partial charge is 0.333 e. The molecule has 33 heavy (non-hydrogen) atoms. The van der Waals surface area contributed by atoms with Crippen LogP contribution in [0.2, 0.25) is 0 Å². The number of para-hydroxylation sites is 1. The molecule has 0 aliphatic heterocycles. The van der Waals surface area contributed by atoms with Gasteiger partial charge in [-0.2, -0.15) is 4.98 Å². The molecule has 0 saturated heterocycles. The Balaban J connectivity index is 1.58. The average molecular weight is 442 g/mol. The molecule has 0 amide bonds. The van der Waals surface area contributed by atoms with E-state index in [1.807, 2.05) is 18.2 Å². The minimum absolute atomic E-state index is 0.246. The highest BCUT2D eigenvalue weighted by Crippen LogP contribution is 2.29. The van der Waals surface area contributed by atoms with E-state index in [1.54, 1.807) is 55.6 Å². The number of benzene rings is 3. The summed E-state index contributed by atoms with van der Waals surface area (Å²) in [6.07, 6.45) is 0. The Labute approximate surface area is 186 Å². The molecule has 0 saturated carbocycles. The molecule has 0 spiro atoms. The normalized spacial score (nSPS) is 11.0. The number of rotatable bonds is 5. The summed E-state index contributed by atoms with van der Waals surface area (Å²) < 4.78 is 17.0. The van der Waals surface area contributed by atoms with Crippen molar-refractivity contribution in [2.75, 3.05) is 14.2 Å². The van der Waals surface area contributed by atoms with Crippen molar-refractivity contribution in [1.29, 1.82) is 0 Å². The first kappa shape index (κ1) is 20.3. The van der Waals surface area contributed by atoms with E-state index < -0.39 is 11.2 Å². The number of aromatic nitrogens is 4. The van der Waals surface area contributed by atoms with Gasteiger partial charge in [0.15, 0.2) is 0 Å². The number of nitrogens with zero attached hydrogens (tertiary/aromatic N) is 3. The fraction of sp³-hybridized carbons (Fsp3) is 0.0833. The summed E-state index contributed by atoms with van der Waals surface area (Å²) in [6, 6.07) is 19.0. The van der Waals surface area contributed by atoms with Gasteiger partial charge in [-0.3, -0.25) is 4.79 Å². The Morgan fingerprint density at radius 2 is 1.79 bits per heavy atom. The van der Waals surface area contributed by atoms with Crippen molar-refractivity contribution in [3.05, 3.63) is 87.6 Å². The summed E-state index contributed by atoms with van der Waals surface area (Å²) in [7, 11) is 3.09. The molecule has 5 rings (SSSR count). The summed E-state index contributed by atoms with van der Waals surface area (Å²) in [5, 5.41) is 4.38. The lowest BCUT2D eigenvalue weighted by Crippen LogP contribution is -2.33. The summed E-state index contributed by atoms with van der Waals surface area (Å²) in [4.78, 5) is 33.1. The first-order valence-corrected chi connectivity index (χ1v) is 10.00. The minimum atomic E-state index is -0.571. The number of hydrogen-bond donors (Lipinski definition) is 1. The van der Waals surface area contributed by atoms with E-state index in [9.17, 15) is 9.59 Å². The zero-order valence-corrected chi connectivity index (χ0v) is 17.7. The maximum Gasteiger partial charge on any atom is 0.333 e. The summed E-state index contributed by atoms with van der Waals surface area (Å²) >= 11 is 0. The maximum atomic E-state index is 13.1. The van der Waals surface area contributed by atoms with Crippen molar-refractivity contribution in [3.8, 4) is 40.0 Å². The lowest BCUT2D eigenvalue weighted by atomic mass is 10.1. The number of H-pyrrole nitrogens is 1. The summed E-state index contributed by atoms with van der Waals surface area (Å²) in [5.74, 6) is 1.77. The van der Waals surface area contributed by atoms with E-state index in [2.05, 4.69) is 15.1 Å². The van der Waals surface area contributed by atoms with E-state index in [4.69, 9.17) is 14.0 Å². The first-order valence-electron chi connectivity index (χ1n) is 10.00. The average Bonchev–Trinajstić information content (AvgIpc) is 3.34. The zero-order chi connectivity index (χ0) is 22.9. The van der Waals surface area contributed by atoms with Crippen molar-refractivity contribution >= 4 is 10.9 Å².